The number of methoxy groups -OCH3 is 1. The maximum atomic E-state index is 14.3. The van der Waals surface area contributed by atoms with Crippen LogP contribution in [0.3, 0.4) is 0 Å². The van der Waals surface area contributed by atoms with Crippen molar-refractivity contribution in [2.75, 3.05) is 24.2 Å². The Kier molecular flexibility index (Phi) is 10.9. The van der Waals surface area contributed by atoms with Crippen molar-refractivity contribution >= 4 is 33.2 Å². The molecule has 234 valence electrons. The Hall–Kier alpha value is -4.45. The molecule has 0 aliphatic heterocycles. The fraction of sp³-hybridized carbons (Fsp3) is 0.375. The molecule has 4 rings (SSSR count). The van der Waals surface area contributed by atoms with E-state index in [1.54, 1.807) is 0 Å². The molecule has 1 aliphatic rings. The van der Waals surface area contributed by atoms with Gasteiger partial charge in [0.1, 0.15) is 24.0 Å². The average molecular weight is 623 g/mol. The number of nitrogens with one attached hydrogen (secondary N) is 1. The number of ether oxygens (including phenoxy) is 1. The number of anilines is 1. The summed E-state index contributed by atoms with van der Waals surface area (Å²) in [6.45, 7) is -0.663. The van der Waals surface area contributed by atoms with Crippen molar-refractivity contribution in [3.05, 3.63) is 100 Å². The predicted octanol–water partition coefficient (Wildman–Crippen LogP) is 4.46. The van der Waals surface area contributed by atoms with Gasteiger partial charge in [-0.3, -0.25) is 24.0 Å². The minimum absolute atomic E-state index is 0.00940. The summed E-state index contributed by atoms with van der Waals surface area (Å²) in [5.41, 5.74) is 1.08. The number of non-ortho nitro benzene ring substituents is 1. The molecule has 0 heterocycles. The Balaban J connectivity index is 1.76. The standard InChI is InChI=1S/C32H38N4O7S/c1-43-30-19-18-27(36(39)40)21-28(30)35(44(2,41)42)23-31(37)34(22-25-14-8-4-9-15-25)29(20-24-12-6-3-7-13-24)32(38)33-26-16-10-5-11-17-26/h3-4,6-9,12-15,18-19,21,26,29H,5,10-11,16-17,20,22-23H2,1-2H3,(H,33,38)/t29-/m0/s1. The van der Waals surface area contributed by atoms with E-state index in [1.165, 1.54) is 24.1 Å². The fourth-order valence-corrected chi connectivity index (χ4v) is 6.30. The molecule has 0 bridgehead atoms. The van der Waals surface area contributed by atoms with Crippen LogP contribution in [0.15, 0.2) is 78.9 Å². The molecule has 1 fully saturated rings. The molecule has 0 radical (unpaired) electrons. The number of hydrogen-bond acceptors (Lipinski definition) is 7. The van der Waals surface area contributed by atoms with Crippen LogP contribution in [0.2, 0.25) is 0 Å². The van der Waals surface area contributed by atoms with E-state index >= 15 is 0 Å². The number of rotatable bonds is 13. The van der Waals surface area contributed by atoms with Crippen LogP contribution in [0.4, 0.5) is 11.4 Å². The molecule has 11 nitrogen and oxygen atoms in total. The van der Waals surface area contributed by atoms with Crippen LogP contribution in [-0.4, -0.2) is 62.0 Å². The molecule has 0 spiro atoms. The van der Waals surface area contributed by atoms with Crippen LogP contribution in [0, 0.1) is 10.1 Å². The van der Waals surface area contributed by atoms with Crippen LogP contribution in [0.5, 0.6) is 5.75 Å². The molecular weight excluding hydrogens is 584 g/mol. The third-order valence-electron chi connectivity index (χ3n) is 7.74. The summed E-state index contributed by atoms with van der Waals surface area (Å²) >= 11 is 0. The second-order valence-electron chi connectivity index (χ2n) is 10.9. The van der Waals surface area contributed by atoms with Crippen LogP contribution in [0.1, 0.15) is 43.2 Å². The van der Waals surface area contributed by atoms with Gasteiger partial charge in [0, 0.05) is 31.1 Å². The maximum absolute atomic E-state index is 14.3. The third kappa shape index (κ3) is 8.56. The first-order valence-corrected chi connectivity index (χ1v) is 16.4. The number of nitro benzene ring substituents is 1. The highest BCUT2D eigenvalue weighted by atomic mass is 32.2. The highest BCUT2D eigenvalue weighted by Gasteiger charge is 2.35. The molecule has 0 aromatic heterocycles. The summed E-state index contributed by atoms with van der Waals surface area (Å²) in [5.74, 6) is -0.921. The number of sulfonamides is 1. The van der Waals surface area contributed by atoms with E-state index in [2.05, 4.69) is 5.32 Å². The van der Waals surface area contributed by atoms with Gasteiger partial charge >= 0.3 is 0 Å². The van der Waals surface area contributed by atoms with E-state index in [9.17, 15) is 28.1 Å². The molecular formula is C32H38N4O7S. The normalized spacial score (nSPS) is 14.3. The summed E-state index contributed by atoms with van der Waals surface area (Å²) in [6.07, 6.45) is 5.95. The van der Waals surface area contributed by atoms with E-state index in [4.69, 9.17) is 4.74 Å². The topological polar surface area (TPSA) is 139 Å². The Morgan fingerprint density at radius 2 is 1.59 bits per heavy atom. The van der Waals surface area contributed by atoms with Gasteiger partial charge in [0.15, 0.2) is 0 Å². The van der Waals surface area contributed by atoms with Crippen molar-refractivity contribution < 1.29 is 27.7 Å². The number of amides is 2. The van der Waals surface area contributed by atoms with Gasteiger partial charge in [0.05, 0.1) is 18.3 Å². The molecule has 0 unspecified atom stereocenters. The van der Waals surface area contributed by atoms with Crippen molar-refractivity contribution in [1.29, 1.82) is 0 Å². The molecule has 2 amide bonds. The highest BCUT2D eigenvalue weighted by molar-refractivity contribution is 7.92. The van der Waals surface area contributed by atoms with Gasteiger partial charge in [-0.05, 0) is 30.0 Å². The number of nitrogens with zero attached hydrogens (tertiary/aromatic N) is 3. The SMILES string of the molecule is COc1ccc([N+](=O)[O-])cc1N(CC(=O)N(Cc1ccccc1)[C@@H](Cc1ccccc1)C(=O)NC1CCCCC1)S(C)(=O)=O. The zero-order valence-electron chi connectivity index (χ0n) is 24.9. The monoisotopic (exact) mass is 622 g/mol. The number of carbonyl (C=O) groups is 2. The lowest BCUT2D eigenvalue weighted by Crippen LogP contribution is -2.55. The Labute approximate surface area is 258 Å². The van der Waals surface area contributed by atoms with Gasteiger partial charge < -0.3 is 15.0 Å². The minimum Gasteiger partial charge on any atom is -0.495 e. The summed E-state index contributed by atoms with van der Waals surface area (Å²) in [7, 11) is -2.83. The molecule has 3 aromatic rings. The smallest absolute Gasteiger partial charge is 0.271 e. The van der Waals surface area contributed by atoms with E-state index in [-0.39, 0.29) is 42.0 Å². The van der Waals surface area contributed by atoms with Crippen LogP contribution < -0.4 is 14.4 Å². The quantitative estimate of drug-likeness (QED) is 0.219. The summed E-state index contributed by atoms with van der Waals surface area (Å²) in [6, 6.07) is 21.0. The largest absolute Gasteiger partial charge is 0.495 e. The van der Waals surface area contributed by atoms with Crippen molar-refractivity contribution in [3.8, 4) is 5.75 Å². The zero-order chi connectivity index (χ0) is 31.7. The van der Waals surface area contributed by atoms with E-state index in [0.717, 1.165) is 59.9 Å². The summed E-state index contributed by atoms with van der Waals surface area (Å²) in [5, 5.41) is 14.7. The molecule has 3 aromatic carbocycles. The molecule has 1 N–H and O–H groups in total. The lowest BCUT2D eigenvalue weighted by atomic mass is 9.94. The van der Waals surface area contributed by atoms with Gasteiger partial charge in [0.25, 0.3) is 5.69 Å². The molecule has 0 saturated heterocycles. The van der Waals surface area contributed by atoms with Gasteiger partial charge in [-0.25, -0.2) is 8.42 Å². The first kappa shape index (κ1) is 32.5. The summed E-state index contributed by atoms with van der Waals surface area (Å²) in [4.78, 5) is 40.6. The van der Waals surface area contributed by atoms with Crippen LogP contribution in [0.25, 0.3) is 0 Å². The van der Waals surface area contributed by atoms with E-state index in [0.29, 0.717) is 0 Å². The first-order chi connectivity index (χ1) is 21.1. The second kappa shape index (κ2) is 14.8. The first-order valence-electron chi connectivity index (χ1n) is 14.5. The van der Waals surface area contributed by atoms with Crippen molar-refractivity contribution in [2.24, 2.45) is 0 Å². The lowest BCUT2D eigenvalue weighted by Gasteiger charge is -2.35. The van der Waals surface area contributed by atoms with Gasteiger partial charge in [-0.1, -0.05) is 79.9 Å². The second-order valence-corrected chi connectivity index (χ2v) is 12.8. The minimum atomic E-state index is -4.14. The van der Waals surface area contributed by atoms with E-state index < -0.39 is 33.4 Å². The van der Waals surface area contributed by atoms with Gasteiger partial charge in [-0.15, -0.1) is 0 Å². The maximum Gasteiger partial charge on any atom is 0.271 e. The lowest BCUT2D eigenvalue weighted by molar-refractivity contribution is -0.384. The highest BCUT2D eigenvalue weighted by Crippen LogP contribution is 2.34. The molecule has 1 saturated carbocycles. The molecule has 1 atom stereocenters. The van der Waals surface area contributed by atoms with Gasteiger partial charge in [-0.2, -0.15) is 0 Å². The van der Waals surface area contributed by atoms with Crippen molar-refractivity contribution in [3.63, 3.8) is 0 Å². The van der Waals surface area contributed by atoms with Gasteiger partial charge in [0.2, 0.25) is 21.8 Å². The zero-order valence-corrected chi connectivity index (χ0v) is 25.7. The Bertz CT molecular complexity index is 1550. The number of benzene rings is 3. The van der Waals surface area contributed by atoms with E-state index in [1.807, 2.05) is 60.7 Å². The molecule has 1 aliphatic carbocycles. The number of nitro groups is 1. The number of hydrogen-bond donors (Lipinski definition) is 1. The van der Waals surface area contributed by atoms with Crippen molar-refractivity contribution in [1.82, 2.24) is 10.2 Å². The summed E-state index contributed by atoms with van der Waals surface area (Å²) < 4.78 is 32.3. The third-order valence-corrected chi connectivity index (χ3v) is 8.87. The molecule has 12 heteroatoms. The molecule has 44 heavy (non-hydrogen) atoms. The Morgan fingerprint density at radius 1 is 0.977 bits per heavy atom. The number of carbonyl (C=O) groups excluding carboxylic acids is 2. The van der Waals surface area contributed by atoms with Crippen LogP contribution >= 0.6 is 0 Å². The average Bonchev–Trinajstić information content (AvgIpc) is 3.02. The van der Waals surface area contributed by atoms with Crippen LogP contribution in [-0.2, 0) is 32.6 Å². The van der Waals surface area contributed by atoms with Crippen molar-refractivity contribution in [2.45, 2.75) is 57.2 Å². The fourth-order valence-electron chi connectivity index (χ4n) is 5.46. The Morgan fingerprint density at radius 3 is 2.16 bits per heavy atom. The predicted molar refractivity (Wildman–Crippen MR) is 168 cm³/mol.